The molecule has 0 spiro atoms. The third-order valence-electron chi connectivity index (χ3n) is 2.72. The first-order valence-electron chi connectivity index (χ1n) is 5.61. The van der Waals surface area contributed by atoms with Crippen molar-refractivity contribution in [1.82, 2.24) is 5.32 Å². The number of fused-ring (bicyclic) bond motifs is 1. The Hall–Kier alpha value is -0.770. The maximum Gasteiger partial charge on any atom is 0.407 e. The van der Waals surface area contributed by atoms with Gasteiger partial charge in [0.2, 0.25) is 0 Å². The van der Waals surface area contributed by atoms with Crippen molar-refractivity contribution in [1.29, 1.82) is 0 Å². The number of rotatable bonds is 1. The zero-order chi connectivity index (χ0) is 11.1. The first-order valence-corrected chi connectivity index (χ1v) is 5.61. The Morgan fingerprint density at radius 1 is 1.40 bits per heavy atom. The lowest BCUT2D eigenvalue weighted by atomic mass is 9.96. The van der Waals surface area contributed by atoms with Crippen molar-refractivity contribution >= 4 is 6.09 Å². The quantitative estimate of drug-likeness (QED) is 0.676. The Balaban J connectivity index is 1.79. The molecule has 2 aliphatic rings. The smallest absolute Gasteiger partial charge is 0.407 e. The molecule has 0 aromatic heterocycles. The first kappa shape index (κ1) is 10.7. The standard InChI is InChI=1S/C11H19NO3/c1-11(2,3)15-10(13)12-7-5-4-6-8-9(7)14-8/h7-9H,4-6H2,1-3H3,(H,12,13)/t7-,8-,9+/m0/s1. The number of nitrogens with one attached hydrogen (secondary N) is 1. The van der Waals surface area contributed by atoms with Crippen molar-refractivity contribution in [2.24, 2.45) is 0 Å². The van der Waals surface area contributed by atoms with E-state index >= 15 is 0 Å². The molecule has 1 aliphatic heterocycles. The third kappa shape index (κ3) is 2.84. The minimum absolute atomic E-state index is 0.151. The molecule has 0 aromatic rings. The summed E-state index contributed by atoms with van der Waals surface area (Å²) in [5, 5.41) is 2.88. The van der Waals surface area contributed by atoms with E-state index in [0.717, 1.165) is 19.3 Å². The topological polar surface area (TPSA) is 50.9 Å². The van der Waals surface area contributed by atoms with Crippen molar-refractivity contribution < 1.29 is 14.3 Å². The lowest BCUT2D eigenvalue weighted by molar-refractivity contribution is 0.0491. The minimum Gasteiger partial charge on any atom is -0.444 e. The van der Waals surface area contributed by atoms with Gasteiger partial charge >= 0.3 is 6.09 Å². The molecular formula is C11H19NO3. The summed E-state index contributed by atoms with van der Waals surface area (Å²) < 4.78 is 10.7. The molecule has 2 fully saturated rings. The zero-order valence-electron chi connectivity index (χ0n) is 9.58. The van der Waals surface area contributed by atoms with E-state index in [-0.39, 0.29) is 18.2 Å². The highest BCUT2D eigenvalue weighted by Gasteiger charge is 2.48. The Morgan fingerprint density at radius 3 is 2.80 bits per heavy atom. The van der Waals surface area contributed by atoms with Crippen LogP contribution in [0.1, 0.15) is 40.0 Å². The monoisotopic (exact) mass is 213 g/mol. The molecule has 1 heterocycles. The lowest BCUT2D eigenvalue weighted by Crippen LogP contribution is -2.43. The van der Waals surface area contributed by atoms with Crippen molar-refractivity contribution in [2.45, 2.75) is 63.9 Å². The van der Waals surface area contributed by atoms with Crippen LogP contribution in [0, 0.1) is 0 Å². The molecule has 3 atom stereocenters. The summed E-state index contributed by atoms with van der Waals surface area (Å²) in [7, 11) is 0. The zero-order valence-corrected chi connectivity index (χ0v) is 9.58. The van der Waals surface area contributed by atoms with Crippen LogP contribution in [0.15, 0.2) is 0 Å². The molecule has 1 saturated heterocycles. The van der Waals surface area contributed by atoms with Crippen LogP contribution < -0.4 is 5.32 Å². The van der Waals surface area contributed by atoms with Crippen LogP contribution >= 0.6 is 0 Å². The van der Waals surface area contributed by atoms with E-state index in [1.54, 1.807) is 0 Å². The molecular weight excluding hydrogens is 194 g/mol. The van der Waals surface area contributed by atoms with Crippen molar-refractivity contribution in [3.8, 4) is 0 Å². The number of carbonyl (C=O) groups is 1. The maximum absolute atomic E-state index is 11.5. The molecule has 1 aliphatic carbocycles. The van der Waals surface area contributed by atoms with Crippen molar-refractivity contribution in [3.05, 3.63) is 0 Å². The van der Waals surface area contributed by atoms with Crippen LogP contribution in [-0.2, 0) is 9.47 Å². The predicted molar refractivity (Wildman–Crippen MR) is 55.7 cm³/mol. The van der Waals surface area contributed by atoms with Gasteiger partial charge in [0.15, 0.2) is 0 Å². The number of carbonyl (C=O) groups excluding carboxylic acids is 1. The second-order valence-corrected chi connectivity index (χ2v) is 5.32. The molecule has 15 heavy (non-hydrogen) atoms. The van der Waals surface area contributed by atoms with Gasteiger partial charge in [-0.05, 0) is 40.0 Å². The summed E-state index contributed by atoms with van der Waals surface area (Å²) in [5.74, 6) is 0. The molecule has 1 N–H and O–H groups in total. The fourth-order valence-electron chi connectivity index (χ4n) is 2.06. The normalized spacial score (nSPS) is 34.2. The van der Waals surface area contributed by atoms with E-state index in [9.17, 15) is 4.79 Å². The number of hydrogen-bond acceptors (Lipinski definition) is 3. The van der Waals surface area contributed by atoms with Gasteiger partial charge in [-0.15, -0.1) is 0 Å². The van der Waals surface area contributed by atoms with Gasteiger partial charge in [0.25, 0.3) is 0 Å². The third-order valence-corrected chi connectivity index (χ3v) is 2.72. The Morgan fingerprint density at radius 2 is 2.13 bits per heavy atom. The highest BCUT2D eigenvalue weighted by Crippen LogP contribution is 2.36. The summed E-state index contributed by atoms with van der Waals surface area (Å²) >= 11 is 0. The molecule has 1 saturated carbocycles. The largest absolute Gasteiger partial charge is 0.444 e. The molecule has 0 radical (unpaired) electrons. The van der Waals surface area contributed by atoms with Crippen LogP contribution in [0.25, 0.3) is 0 Å². The predicted octanol–water partition coefficient (Wildman–Crippen LogP) is 1.83. The van der Waals surface area contributed by atoms with Gasteiger partial charge in [0.05, 0.1) is 12.1 Å². The summed E-state index contributed by atoms with van der Waals surface area (Å²) in [6, 6.07) is 0.151. The number of amides is 1. The molecule has 0 unspecified atom stereocenters. The van der Waals surface area contributed by atoms with Gasteiger partial charge in [-0.3, -0.25) is 0 Å². The fraction of sp³-hybridized carbons (Fsp3) is 0.909. The lowest BCUT2D eigenvalue weighted by Gasteiger charge is -2.24. The molecule has 1 amide bonds. The summed E-state index contributed by atoms with van der Waals surface area (Å²) in [6.07, 6.45) is 3.56. The number of hydrogen-bond donors (Lipinski definition) is 1. The van der Waals surface area contributed by atoms with Crippen molar-refractivity contribution in [3.63, 3.8) is 0 Å². The number of alkyl carbamates (subject to hydrolysis) is 1. The van der Waals surface area contributed by atoms with Gasteiger partial charge in [-0.2, -0.15) is 0 Å². The van der Waals surface area contributed by atoms with Gasteiger partial charge in [-0.25, -0.2) is 4.79 Å². The van der Waals surface area contributed by atoms with E-state index in [1.807, 2.05) is 20.8 Å². The van der Waals surface area contributed by atoms with E-state index in [4.69, 9.17) is 9.47 Å². The number of epoxide rings is 1. The highest BCUT2D eigenvalue weighted by atomic mass is 16.6. The maximum atomic E-state index is 11.5. The summed E-state index contributed by atoms with van der Waals surface area (Å²) in [5.41, 5.74) is -0.428. The summed E-state index contributed by atoms with van der Waals surface area (Å²) in [6.45, 7) is 5.59. The second-order valence-electron chi connectivity index (χ2n) is 5.32. The van der Waals surface area contributed by atoms with Gasteiger partial charge < -0.3 is 14.8 Å². The van der Waals surface area contributed by atoms with Crippen LogP contribution in [0.2, 0.25) is 0 Å². The molecule has 4 nitrogen and oxygen atoms in total. The Kier molecular flexibility index (Phi) is 2.63. The average Bonchev–Trinajstić information content (AvgIpc) is 2.79. The molecule has 2 rings (SSSR count). The first-order chi connectivity index (χ1) is 6.96. The molecule has 0 bridgehead atoms. The molecule has 4 heteroatoms. The second kappa shape index (κ2) is 3.67. The minimum atomic E-state index is -0.428. The Labute approximate surface area is 90.3 Å². The van der Waals surface area contributed by atoms with Crippen LogP contribution in [0.3, 0.4) is 0 Å². The summed E-state index contributed by atoms with van der Waals surface area (Å²) in [4.78, 5) is 11.5. The fourth-order valence-corrected chi connectivity index (χ4v) is 2.06. The molecule has 0 aromatic carbocycles. The van der Waals surface area contributed by atoms with Gasteiger partial charge in [-0.1, -0.05) is 0 Å². The number of ether oxygens (including phenoxy) is 2. The van der Waals surface area contributed by atoms with E-state index in [0.29, 0.717) is 6.10 Å². The highest BCUT2D eigenvalue weighted by molar-refractivity contribution is 5.68. The van der Waals surface area contributed by atoms with Crippen LogP contribution in [0.5, 0.6) is 0 Å². The van der Waals surface area contributed by atoms with Crippen molar-refractivity contribution in [2.75, 3.05) is 0 Å². The Bertz CT molecular complexity index is 259. The van der Waals surface area contributed by atoms with E-state index in [2.05, 4.69) is 5.32 Å². The molecule has 86 valence electrons. The van der Waals surface area contributed by atoms with Gasteiger partial charge in [0.1, 0.15) is 11.7 Å². The van der Waals surface area contributed by atoms with Gasteiger partial charge in [0, 0.05) is 0 Å². The van der Waals surface area contributed by atoms with E-state index in [1.165, 1.54) is 0 Å². The SMILES string of the molecule is CC(C)(C)OC(=O)N[C@H]1CCC[C@@H]2O[C@H]12. The average molecular weight is 213 g/mol. The van der Waals surface area contributed by atoms with E-state index < -0.39 is 5.60 Å². The van der Waals surface area contributed by atoms with Crippen LogP contribution in [0.4, 0.5) is 4.79 Å². The van der Waals surface area contributed by atoms with Crippen LogP contribution in [-0.4, -0.2) is 29.9 Å².